The predicted molar refractivity (Wildman–Crippen MR) is 120 cm³/mol. The molecule has 2 unspecified atom stereocenters. The molecule has 2 atom stereocenters. The molecule has 3 rings (SSSR count). The Kier molecular flexibility index (Phi) is 8.29. The molecular formula is C23H28N2O7S. The lowest BCUT2D eigenvalue weighted by Crippen LogP contribution is -2.37. The first-order valence-corrected chi connectivity index (χ1v) is 12.2. The highest BCUT2D eigenvalue weighted by atomic mass is 32.2. The van der Waals surface area contributed by atoms with Gasteiger partial charge in [0.15, 0.2) is 17.6 Å². The molecular weight excluding hydrogens is 448 g/mol. The van der Waals surface area contributed by atoms with Gasteiger partial charge in [-0.15, -0.1) is 0 Å². The molecule has 2 aromatic carbocycles. The largest absolute Gasteiger partial charge is 0.486 e. The number of hydrogen-bond acceptors (Lipinski definition) is 7. The first-order chi connectivity index (χ1) is 15.8. The van der Waals surface area contributed by atoms with E-state index in [9.17, 15) is 18.0 Å². The maximum Gasteiger partial charge on any atom is 0.306 e. The van der Waals surface area contributed by atoms with Gasteiger partial charge < -0.3 is 19.5 Å². The highest BCUT2D eigenvalue weighted by Crippen LogP contribution is 2.32. The van der Waals surface area contributed by atoms with Crippen molar-refractivity contribution < 1.29 is 32.2 Å². The summed E-state index contributed by atoms with van der Waals surface area (Å²) in [6, 6.07) is 13.6. The second kappa shape index (κ2) is 11.2. The molecule has 1 aliphatic heterocycles. The smallest absolute Gasteiger partial charge is 0.306 e. The van der Waals surface area contributed by atoms with Gasteiger partial charge in [-0.25, -0.2) is 13.1 Å². The molecule has 0 spiro atoms. The van der Waals surface area contributed by atoms with Crippen LogP contribution >= 0.6 is 0 Å². The Bertz CT molecular complexity index is 1070. The maximum absolute atomic E-state index is 12.5. The molecule has 0 aromatic heterocycles. The predicted octanol–water partition coefficient (Wildman–Crippen LogP) is 2.33. The summed E-state index contributed by atoms with van der Waals surface area (Å²) in [5, 5.41) is 2.80. The van der Waals surface area contributed by atoms with Crippen molar-refractivity contribution in [2.24, 2.45) is 0 Å². The van der Waals surface area contributed by atoms with E-state index < -0.39 is 28.0 Å². The lowest BCUT2D eigenvalue weighted by Gasteiger charge is -2.19. The lowest BCUT2D eigenvalue weighted by atomic mass is 10.1. The van der Waals surface area contributed by atoms with Crippen molar-refractivity contribution in [1.82, 2.24) is 10.0 Å². The monoisotopic (exact) mass is 476 g/mol. The van der Waals surface area contributed by atoms with Gasteiger partial charge in [-0.2, -0.15) is 0 Å². The van der Waals surface area contributed by atoms with Gasteiger partial charge >= 0.3 is 5.97 Å². The van der Waals surface area contributed by atoms with Crippen molar-refractivity contribution in [1.29, 1.82) is 0 Å². The molecule has 0 saturated carbocycles. The number of benzene rings is 2. The Morgan fingerprint density at radius 3 is 2.45 bits per heavy atom. The highest BCUT2D eigenvalue weighted by molar-refractivity contribution is 7.89. The summed E-state index contributed by atoms with van der Waals surface area (Å²) in [6.07, 6.45) is -0.773. The van der Waals surface area contributed by atoms with Crippen LogP contribution in [0.15, 0.2) is 53.4 Å². The number of nitrogens with one attached hydrogen (secondary N) is 2. The van der Waals surface area contributed by atoms with E-state index in [0.29, 0.717) is 24.7 Å². The topological polar surface area (TPSA) is 120 Å². The summed E-state index contributed by atoms with van der Waals surface area (Å²) in [4.78, 5) is 24.4. The number of fused-ring (bicyclic) bond motifs is 1. The van der Waals surface area contributed by atoms with Gasteiger partial charge in [0.1, 0.15) is 13.2 Å². The van der Waals surface area contributed by atoms with Crippen LogP contribution in [0.25, 0.3) is 0 Å². The number of esters is 1. The van der Waals surface area contributed by atoms with Gasteiger partial charge in [-0.1, -0.05) is 30.3 Å². The zero-order chi connectivity index (χ0) is 23.8. The van der Waals surface area contributed by atoms with Crippen molar-refractivity contribution in [3.8, 4) is 11.5 Å². The normalized spacial score (nSPS) is 14.7. The Labute approximate surface area is 193 Å². The molecule has 2 aromatic rings. The highest BCUT2D eigenvalue weighted by Gasteiger charge is 2.21. The summed E-state index contributed by atoms with van der Waals surface area (Å²) < 4.78 is 43.4. The zero-order valence-corrected chi connectivity index (χ0v) is 19.4. The van der Waals surface area contributed by atoms with E-state index in [-0.39, 0.29) is 30.3 Å². The van der Waals surface area contributed by atoms with Crippen LogP contribution < -0.4 is 19.5 Å². The first-order valence-electron chi connectivity index (χ1n) is 10.7. The van der Waals surface area contributed by atoms with Gasteiger partial charge in [-0.05, 0) is 38.0 Å². The van der Waals surface area contributed by atoms with Gasteiger partial charge in [0.05, 0.1) is 10.9 Å². The molecule has 178 valence electrons. The number of hydrogen-bond donors (Lipinski definition) is 2. The summed E-state index contributed by atoms with van der Waals surface area (Å²) in [5.41, 5.74) is 0.940. The van der Waals surface area contributed by atoms with Crippen LogP contribution in [0.5, 0.6) is 11.5 Å². The lowest BCUT2D eigenvalue weighted by molar-refractivity contribution is -0.155. The minimum atomic E-state index is -3.77. The molecule has 10 heteroatoms. The minimum absolute atomic E-state index is 0.0322. The van der Waals surface area contributed by atoms with Crippen molar-refractivity contribution in [2.45, 2.75) is 43.7 Å². The van der Waals surface area contributed by atoms with E-state index in [4.69, 9.17) is 14.2 Å². The molecule has 0 radical (unpaired) electrons. The molecule has 0 saturated heterocycles. The average Bonchev–Trinajstić information content (AvgIpc) is 2.82. The molecule has 0 bridgehead atoms. The number of rotatable bonds is 10. The van der Waals surface area contributed by atoms with E-state index in [0.717, 1.165) is 5.56 Å². The van der Waals surface area contributed by atoms with Crippen LogP contribution in [-0.4, -0.2) is 46.2 Å². The fraction of sp³-hybridized carbons (Fsp3) is 0.391. The van der Waals surface area contributed by atoms with Crippen molar-refractivity contribution >= 4 is 21.9 Å². The number of carbonyl (C=O) groups excluding carboxylic acids is 2. The molecule has 2 N–H and O–H groups in total. The number of carbonyl (C=O) groups is 2. The fourth-order valence-corrected chi connectivity index (χ4v) is 4.27. The summed E-state index contributed by atoms with van der Waals surface area (Å²) in [6.45, 7) is 4.15. The number of sulfonamides is 1. The van der Waals surface area contributed by atoms with Crippen LogP contribution in [0.2, 0.25) is 0 Å². The molecule has 0 aliphatic carbocycles. The third-order valence-electron chi connectivity index (χ3n) is 5.01. The Balaban J connectivity index is 1.40. The maximum atomic E-state index is 12.5. The van der Waals surface area contributed by atoms with Gasteiger partial charge in [0.2, 0.25) is 10.0 Å². The Morgan fingerprint density at radius 2 is 1.73 bits per heavy atom. The van der Waals surface area contributed by atoms with Crippen molar-refractivity contribution in [3.63, 3.8) is 0 Å². The van der Waals surface area contributed by atoms with E-state index in [1.807, 2.05) is 37.3 Å². The quantitative estimate of drug-likeness (QED) is 0.399. The van der Waals surface area contributed by atoms with Crippen LogP contribution in [0.3, 0.4) is 0 Å². The molecule has 33 heavy (non-hydrogen) atoms. The molecule has 1 heterocycles. The zero-order valence-electron chi connectivity index (χ0n) is 18.6. The average molecular weight is 477 g/mol. The molecule has 9 nitrogen and oxygen atoms in total. The standard InChI is InChI=1S/C23H28N2O7S/c1-16(18-7-4-3-5-8-18)25-23(27)17(2)32-22(26)9-6-12-24-33(28,29)19-10-11-20-21(15-19)31-14-13-30-20/h3-5,7-8,10-11,15-17,24H,6,9,12-14H2,1-2H3,(H,25,27). The molecule has 1 aliphatic rings. The van der Waals surface area contributed by atoms with Gasteiger partial charge in [-0.3, -0.25) is 9.59 Å². The van der Waals surface area contributed by atoms with E-state index >= 15 is 0 Å². The van der Waals surface area contributed by atoms with Crippen molar-refractivity contribution in [2.75, 3.05) is 19.8 Å². The van der Waals surface area contributed by atoms with Crippen LogP contribution in [0.4, 0.5) is 0 Å². The minimum Gasteiger partial charge on any atom is -0.486 e. The van der Waals surface area contributed by atoms with Crippen molar-refractivity contribution in [3.05, 3.63) is 54.1 Å². The fourth-order valence-electron chi connectivity index (χ4n) is 3.18. The molecule has 1 amide bonds. The number of ether oxygens (including phenoxy) is 3. The van der Waals surface area contributed by atoms with Gasteiger partial charge in [0.25, 0.3) is 5.91 Å². The molecule has 0 fully saturated rings. The third-order valence-corrected chi connectivity index (χ3v) is 6.47. The first kappa shape index (κ1) is 24.5. The summed E-state index contributed by atoms with van der Waals surface area (Å²) in [7, 11) is -3.77. The SMILES string of the molecule is CC(OC(=O)CCCNS(=O)(=O)c1ccc2c(c1)OCCO2)C(=O)NC(C)c1ccccc1. The van der Waals surface area contributed by atoms with E-state index in [1.165, 1.54) is 19.1 Å². The van der Waals surface area contributed by atoms with E-state index in [2.05, 4.69) is 10.0 Å². The van der Waals surface area contributed by atoms with Gasteiger partial charge in [0, 0.05) is 19.0 Å². The van der Waals surface area contributed by atoms with E-state index in [1.54, 1.807) is 6.07 Å². The summed E-state index contributed by atoms with van der Waals surface area (Å²) in [5.74, 6) is -0.108. The Hall–Kier alpha value is -3.11. The van der Waals surface area contributed by atoms with Crippen LogP contribution in [0, 0.1) is 0 Å². The summed E-state index contributed by atoms with van der Waals surface area (Å²) >= 11 is 0. The second-order valence-electron chi connectivity index (χ2n) is 7.58. The second-order valence-corrected chi connectivity index (χ2v) is 9.35. The Morgan fingerprint density at radius 1 is 1.03 bits per heavy atom. The van der Waals surface area contributed by atoms with Crippen LogP contribution in [0.1, 0.15) is 38.3 Å². The number of amides is 1. The third kappa shape index (κ3) is 6.93. The van der Waals surface area contributed by atoms with Crippen LogP contribution in [-0.2, 0) is 24.3 Å².